The number of quaternary nitrogens is 1. The minimum atomic E-state index is -0.515. The molecule has 2 aromatic rings. The highest BCUT2D eigenvalue weighted by atomic mass is 19.1. The van der Waals surface area contributed by atoms with E-state index in [4.69, 9.17) is 9.47 Å². The molecule has 0 aliphatic carbocycles. The lowest BCUT2D eigenvalue weighted by Gasteiger charge is -2.09. The van der Waals surface area contributed by atoms with Gasteiger partial charge >= 0.3 is 0 Å². The highest BCUT2D eigenvalue weighted by Gasteiger charge is 2.10. The summed E-state index contributed by atoms with van der Waals surface area (Å²) in [6.07, 6.45) is 0. The fourth-order valence-electron chi connectivity index (χ4n) is 2.12. The Morgan fingerprint density at radius 1 is 0.905 bits per heavy atom. The van der Waals surface area contributed by atoms with Gasteiger partial charge in [0.15, 0.2) is 11.5 Å². The quantitative estimate of drug-likeness (QED) is 0.887. The fourth-order valence-corrected chi connectivity index (χ4v) is 2.12. The van der Waals surface area contributed by atoms with Crippen LogP contribution in [0.5, 0.6) is 11.5 Å². The van der Waals surface area contributed by atoms with E-state index in [1.54, 1.807) is 14.2 Å². The van der Waals surface area contributed by atoms with Gasteiger partial charge in [-0.25, -0.2) is 8.78 Å². The van der Waals surface area contributed by atoms with Crippen LogP contribution in [0, 0.1) is 11.6 Å². The van der Waals surface area contributed by atoms with Gasteiger partial charge < -0.3 is 14.8 Å². The van der Waals surface area contributed by atoms with Gasteiger partial charge in [-0.3, -0.25) is 0 Å². The van der Waals surface area contributed by atoms with Crippen LogP contribution in [0.25, 0.3) is 0 Å². The summed E-state index contributed by atoms with van der Waals surface area (Å²) in [5.41, 5.74) is 1.09. The van der Waals surface area contributed by atoms with E-state index in [1.807, 2.05) is 23.5 Å². The second-order valence-electron chi connectivity index (χ2n) is 4.59. The largest absolute Gasteiger partial charge is 0.493 e. The first-order chi connectivity index (χ1) is 10.2. The van der Waals surface area contributed by atoms with E-state index in [1.165, 1.54) is 18.2 Å². The summed E-state index contributed by atoms with van der Waals surface area (Å²) in [5.74, 6) is 0.263. The Labute approximate surface area is 122 Å². The zero-order valence-corrected chi connectivity index (χ0v) is 12.0. The van der Waals surface area contributed by atoms with Crippen molar-refractivity contribution in [1.29, 1.82) is 0 Å². The third kappa shape index (κ3) is 3.70. The number of hydrogen-bond acceptors (Lipinski definition) is 2. The highest BCUT2D eigenvalue weighted by molar-refractivity contribution is 5.42. The Balaban J connectivity index is 2.00. The van der Waals surface area contributed by atoms with Crippen LogP contribution >= 0.6 is 0 Å². The van der Waals surface area contributed by atoms with Crippen LogP contribution in [0.15, 0.2) is 36.4 Å². The summed E-state index contributed by atoms with van der Waals surface area (Å²) in [6, 6.07) is 9.46. The number of ether oxygens (including phenoxy) is 2. The molecule has 0 fully saturated rings. The normalized spacial score (nSPS) is 10.5. The lowest BCUT2D eigenvalue weighted by atomic mass is 10.1. The molecule has 2 N–H and O–H groups in total. The van der Waals surface area contributed by atoms with Gasteiger partial charge in [-0.1, -0.05) is 6.07 Å². The van der Waals surface area contributed by atoms with E-state index in [2.05, 4.69) is 0 Å². The Bertz CT molecular complexity index is 597. The standard InChI is InChI=1S/C16H17F2NO2/c1-20-15-7-6-11(8-16(15)21-2)9-19-10-12-13(17)4-3-5-14(12)18/h3-8,19H,9-10H2,1-2H3/p+1. The van der Waals surface area contributed by atoms with Crippen molar-refractivity contribution in [3.63, 3.8) is 0 Å². The molecule has 5 heteroatoms. The molecule has 0 unspecified atom stereocenters. The molecule has 0 amide bonds. The van der Waals surface area contributed by atoms with Gasteiger partial charge in [0.25, 0.3) is 0 Å². The molecule has 0 heterocycles. The molecule has 21 heavy (non-hydrogen) atoms. The predicted octanol–water partition coefficient (Wildman–Crippen LogP) is 2.25. The van der Waals surface area contributed by atoms with Crippen LogP contribution in [-0.4, -0.2) is 14.2 Å². The Morgan fingerprint density at radius 3 is 2.19 bits per heavy atom. The molecule has 2 rings (SSSR count). The number of hydrogen-bond donors (Lipinski definition) is 1. The second kappa shape index (κ2) is 7.04. The summed E-state index contributed by atoms with van der Waals surface area (Å²) in [5, 5.41) is 1.84. The molecule has 0 bridgehead atoms. The first-order valence-corrected chi connectivity index (χ1v) is 6.61. The van der Waals surface area contributed by atoms with Crippen LogP contribution in [0.2, 0.25) is 0 Å². The molecule has 0 aliphatic heterocycles. The first-order valence-electron chi connectivity index (χ1n) is 6.61. The third-order valence-electron chi connectivity index (χ3n) is 3.24. The van der Waals surface area contributed by atoms with Crippen molar-refractivity contribution >= 4 is 0 Å². The molecular weight excluding hydrogens is 276 g/mol. The molecule has 0 saturated carbocycles. The number of rotatable bonds is 6. The zero-order chi connectivity index (χ0) is 15.2. The Kier molecular flexibility index (Phi) is 5.11. The lowest BCUT2D eigenvalue weighted by Crippen LogP contribution is -2.81. The maximum Gasteiger partial charge on any atom is 0.161 e. The maximum absolute atomic E-state index is 13.5. The van der Waals surface area contributed by atoms with Crippen LogP contribution in [-0.2, 0) is 13.1 Å². The van der Waals surface area contributed by atoms with E-state index in [0.29, 0.717) is 18.0 Å². The number of nitrogens with two attached hydrogens (primary N) is 1. The van der Waals surface area contributed by atoms with E-state index >= 15 is 0 Å². The summed E-state index contributed by atoms with van der Waals surface area (Å²) in [4.78, 5) is 0. The van der Waals surface area contributed by atoms with Crippen molar-refractivity contribution in [3.05, 3.63) is 59.2 Å². The fraction of sp³-hybridized carbons (Fsp3) is 0.250. The topological polar surface area (TPSA) is 35.1 Å². The van der Waals surface area contributed by atoms with Crippen molar-refractivity contribution in [2.24, 2.45) is 0 Å². The van der Waals surface area contributed by atoms with Crippen LogP contribution in [0.1, 0.15) is 11.1 Å². The molecule has 0 saturated heterocycles. The molecular formula is C16H18F2NO2+. The van der Waals surface area contributed by atoms with Crippen molar-refractivity contribution in [2.45, 2.75) is 13.1 Å². The Morgan fingerprint density at radius 2 is 1.57 bits per heavy atom. The average Bonchev–Trinajstić information content (AvgIpc) is 2.50. The summed E-state index contributed by atoms with van der Waals surface area (Å²) >= 11 is 0. The smallest absolute Gasteiger partial charge is 0.161 e. The molecule has 3 nitrogen and oxygen atoms in total. The number of halogens is 2. The van der Waals surface area contributed by atoms with Gasteiger partial charge in [0, 0.05) is 5.56 Å². The summed E-state index contributed by atoms with van der Waals surface area (Å²) in [7, 11) is 3.14. The highest BCUT2D eigenvalue weighted by Crippen LogP contribution is 2.27. The molecule has 0 aromatic heterocycles. The number of methoxy groups -OCH3 is 2. The predicted molar refractivity (Wildman–Crippen MR) is 75.2 cm³/mol. The van der Waals surface area contributed by atoms with Gasteiger partial charge in [-0.05, 0) is 30.3 Å². The van der Waals surface area contributed by atoms with Crippen molar-refractivity contribution in [1.82, 2.24) is 0 Å². The van der Waals surface area contributed by atoms with Crippen LogP contribution in [0.3, 0.4) is 0 Å². The first kappa shape index (κ1) is 15.3. The Hall–Kier alpha value is -2.14. The van der Waals surface area contributed by atoms with Crippen LogP contribution in [0.4, 0.5) is 8.78 Å². The average molecular weight is 294 g/mol. The molecule has 0 spiro atoms. The third-order valence-corrected chi connectivity index (χ3v) is 3.24. The SMILES string of the molecule is COc1ccc(C[NH2+]Cc2c(F)cccc2F)cc1OC. The monoisotopic (exact) mass is 294 g/mol. The molecule has 112 valence electrons. The summed E-state index contributed by atoms with van der Waals surface area (Å²) in [6.45, 7) is 0.834. The summed E-state index contributed by atoms with van der Waals surface area (Å²) < 4.78 is 37.4. The molecule has 0 atom stereocenters. The van der Waals surface area contributed by atoms with Gasteiger partial charge in [-0.2, -0.15) is 0 Å². The van der Waals surface area contributed by atoms with Gasteiger partial charge in [0.2, 0.25) is 0 Å². The van der Waals surface area contributed by atoms with E-state index < -0.39 is 11.6 Å². The molecule has 2 aromatic carbocycles. The minimum absolute atomic E-state index is 0.0953. The van der Waals surface area contributed by atoms with Gasteiger partial charge in [0.05, 0.1) is 19.8 Å². The second-order valence-corrected chi connectivity index (χ2v) is 4.59. The van der Waals surface area contributed by atoms with Gasteiger partial charge in [-0.15, -0.1) is 0 Å². The van der Waals surface area contributed by atoms with E-state index in [-0.39, 0.29) is 12.1 Å². The molecule has 0 aliphatic rings. The zero-order valence-electron chi connectivity index (χ0n) is 12.0. The van der Waals surface area contributed by atoms with E-state index in [0.717, 1.165) is 5.56 Å². The van der Waals surface area contributed by atoms with Crippen molar-refractivity contribution in [2.75, 3.05) is 14.2 Å². The maximum atomic E-state index is 13.5. The van der Waals surface area contributed by atoms with Crippen molar-refractivity contribution < 1.29 is 23.6 Å². The molecule has 0 radical (unpaired) electrons. The van der Waals surface area contributed by atoms with E-state index in [9.17, 15) is 8.78 Å². The lowest BCUT2D eigenvalue weighted by molar-refractivity contribution is -0.686. The van der Waals surface area contributed by atoms with Crippen molar-refractivity contribution in [3.8, 4) is 11.5 Å². The van der Waals surface area contributed by atoms with Crippen LogP contribution < -0.4 is 14.8 Å². The number of benzene rings is 2. The minimum Gasteiger partial charge on any atom is -0.493 e. The van der Waals surface area contributed by atoms with Gasteiger partial charge in [0.1, 0.15) is 24.7 Å².